The lowest BCUT2D eigenvalue weighted by Gasteiger charge is -2.13. The summed E-state index contributed by atoms with van der Waals surface area (Å²) in [7, 11) is 0. The first-order valence-electron chi connectivity index (χ1n) is 9.23. The van der Waals surface area contributed by atoms with Gasteiger partial charge in [0.05, 0.1) is 5.52 Å². The number of nitrogens with one attached hydrogen (secondary N) is 1. The Balaban J connectivity index is 1.65. The Morgan fingerprint density at radius 1 is 1.00 bits per heavy atom. The normalized spacial score (nSPS) is 13.7. The van der Waals surface area contributed by atoms with Crippen molar-refractivity contribution in [3.63, 3.8) is 0 Å². The van der Waals surface area contributed by atoms with E-state index in [1.165, 1.54) is 6.92 Å². The third kappa shape index (κ3) is 3.26. The minimum atomic E-state index is -0.419. The highest BCUT2D eigenvalue weighted by Crippen LogP contribution is 2.19. The first-order chi connectivity index (χ1) is 13.5. The number of likely N-dealkylation sites (tertiary alicyclic amines) is 1. The highest BCUT2D eigenvalue weighted by Gasteiger charge is 2.26. The maximum absolute atomic E-state index is 12.8. The molecule has 0 saturated carbocycles. The van der Waals surface area contributed by atoms with Crippen LogP contribution in [0.2, 0.25) is 0 Å². The molecule has 1 N–H and O–H groups in total. The van der Waals surface area contributed by atoms with Crippen LogP contribution in [0.15, 0.2) is 48.7 Å². The molecule has 0 spiro atoms. The zero-order chi connectivity index (χ0) is 19.7. The van der Waals surface area contributed by atoms with Crippen LogP contribution in [0.3, 0.4) is 0 Å². The minimum absolute atomic E-state index is 0.0396. The lowest BCUT2D eigenvalue weighted by Crippen LogP contribution is -2.28. The van der Waals surface area contributed by atoms with E-state index >= 15 is 0 Å². The predicted octanol–water partition coefficient (Wildman–Crippen LogP) is 3.03. The molecule has 1 aliphatic heterocycles. The van der Waals surface area contributed by atoms with Crippen molar-refractivity contribution >= 4 is 28.8 Å². The smallest absolute Gasteiger partial charge is 0.292 e. The number of nitrogens with zero attached hydrogens (tertiary/aromatic N) is 3. The largest absolute Gasteiger partial charge is 0.337 e. The standard InChI is InChI=1S/C21H20N4O3/c1-14(26)15-7-9-16(10-8-15)22-20(27)19-23-18(17-6-2-3-13-25(17)19)21(28)24-11-4-5-12-24/h2-3,6-10,13H,4-5,11-12H2,1H3,(H,22,27). The first kappa shape index (κ1) is 17.9. The maximum Gasteiger partial charge on any atom is 0.292 e. The van der Waals surface area contributed by atoms with Gasteiger partial charge in [0.25, 0.3) is 11.8 Å². The van der Waals surface area contributed by atoms with Gasteiger partial charge in [-0.2, -0.15) is 0 Å². The second kappa shape index (κ2) is 7.26. The summed E-state index contributed by atoms with van der Waals surface area (Å²) in [5, 5.41) is 2.78. The number of imidazole rings is 1. The number of hydrogen-bond acceptors (Lipinski definition) is 4. The Morgan fingerprint density at radius 3 is 2.39 bits per heavy atom. The number of hydrogen-bond donors (Lipinski definition) is 1. The van der Waals surface area contributed by atoms with Crippen LogP contribution in [-0.4, -0.2) is 45.0 Å². The fourth-order valence-corrected chi connectivity index (χ4v) is 3.40. The van der Waals surface area contributed by atoms with Crippen molar-refractivity contribution in [1.29, 1.82) is 0 Å². The molecule has 3 heterocycles. The topological polar surface area (TPSA) is 83.8 Å². The molecule has 142 valence electrons. The maximum atomic E-state index is 12.8. The van der Waals surface area contributed by atoms with Crippen molar-refractivity contribution in [2.24, 2.45) is 0 Å². The highest BCUT2D eigenvalue weighted by molar-refractivity contribution is 6.06. The van der Waals surface area contributed by atoms with Crippen molar-refractivity contribution in [3.05, 3.63) is 65.7 Å². The molecule has 2 amide bonds. The minimum Gasteiger partial charge on any atom is -0.337 e. The molecule has 4 rings (SSSR count). The molecule has 1 saturated heterocycles. The zero-order valence-electron chi connectivity index (χ0n) is 15.5. The molecule has 7 nitrogen and oxygen atoms in total. The first-order valence-corrected chi connectivity index (χ1v) is 9.23. The SMILES string of the molecule is CC(=O)c1ccc(NC(=O)c2nc(C(=O)N3CCCC3)c3ccccn23)cc1. The van der Waals surface area contributed by atoms with E-state index in [4.69, 9.17) is 0 Å². The van der Waals surface area contributed by atoms with Gasteiger partial charge < -0.3 is 10.2 Å². The molecular formula is C21H20N4O3. The van der Waals surface area contributed by atoms with Crippen molar-refractivity contribution < 1.29 is 14.4 Å². The van der Waals surface area contributed by atoms with Gasteiger partial charge in [-0.15, -0.1) is 0 Å². The number of carbonyl (C=O) groups excluding carboxylic acids is 3. The molecule has 1 fully saturated rings. The van der Waals surface area contributed by atoms with Crippen LogP contribution in [0.5, 0.6) is 0 Å². The number of aromatic nitrogens is 2. The molecule has 1 aromatic carbocycles. The highest BCUT2D eigenvalue weighted by atomic mass is 16.2. The molecule has 0 bridgehead atoms. The number of ketones is 1. The molecule has 28 heavy (non-hydrogen) atoms. The summed E-state index contributed by atoms with van der Waals surface area (Å²) in [5.74, 6) is -0.459. The van der Waals surface area contributed by atoms with Gasteiger partial charge in [-0.25, -0.2) is 4.98 Å². The molecule has 2 aromatic heterocycles. The number of pyridine rings is 1. The summed E-state index contributed by atoms with van der Waals surface area (Å²) in [6.45, 7) is 2.92. The van der Waals surface area contributed by atoms with E-state index in [2.05, 4.69) is 10.3 Å². The molecular weight excluding hydrogens is 356 g/mol. The fourth-order valence-electron chi connectivity index (χ4n) is 3.40. The molecule has 1 aliphatic rings. The molecule has 7 heteroatoms. The van der Waals surface area contributed by atoms with Crippen molar-refractivity contribution in [1.82, 2.24) is 14.3 Å². The van der Waals surface area contributed by atoms with Crippen molar-refractivity contribution in [2.45, 2.75) is 19.8 Å². The Labute approximate surface area is 162 Å². The second-order valence-electron chi connectivity index (χ2n) is 6.83. The van der Waals surface area contributed by atoms with E-state index in [1.54, 1.807) is 51.9 Å². The average Bonchev–Trinajstić information content (AvgIpc) is 3.36. The van der Waals surface area contributed by atoms with Gasteiger partial charge in [0, 0.05) is 30.5 Å². The Hall–Kier alpha value is -3.48. The Kier molecular flexibility index (Phi) is 4.65. The second-order valence-corrected chi connectivity index (χ2v) is 6.83. The van der Waals surface area contributed by atoms with Gasteiger partial charge in [0.15, 0.2) is 11.5 Å². The molecule has 0 atom stereocenters. The van der Waals surface area contributed by atoms with Crippen LogP contribution < -0.4 is 5.32 Å². The van der Waals surface area contributed by atoms with Gasteiger partial charge >= 0.3 is 0 Å². The van der Waals surface area contributed by atoms with Gasteiger partial charge in [-0.05, 0) is 56.2 Å². The number of Topliss-reactive ketones (excluding diaryl/α,β-unsaturated/α-hetero) is 1. The van der Waals surface area contributed by atoms with Gasteiger partial charge in [-0.1, -0.05) is 6.07 Å². The van der Waals surface area contributed by atoms with Gasteiger partial charge in [-0.3, -0.25) is 18.8 Å². The summed E-state index contributed by atoms with van der Waals surface area (Å²) in [4.78, 5) is 43.2. The van der Waals surface area contributed by atoms with Crippen molar-refractivity contribution in [2.75, 3.05) is 18.4 Å². The monoisotopic (exact) mass is 376 g/mol. The summed E-state index contributed by atoms with van der Waals surface area (Å²) in [5.41, 5.74) is 2.02. The quantitative estimate of drug-likeness (QED) is 0.710. The number of anilines is 1. The van der Waals surface area contributed by atoms with Crippen LogP contribution in [0.4, 0.5) is 5.69 Å². The van der Waals surface area contributed by atoms with Crippen LogP contribution >= 0.6 is 0 Å². The summed E-state index contributed by atoms with van der Waals surface area (Å²) in [6, 6.07) is 12.0. The van der Waals surface area contributed by atoms with Gasteiger partial charge in [0.1, 0.15) is 0 Å². The number of fused-ring (bicyclic) bond motifs is 1. The molecule has 3 aromatic rings. The third-order valence-corrected chi connectivity index (χ3v) is 4.90. The Bertz CT molecular complexity index is 1060. The number of amides is 2. The fraction of sp³-hybridized carbons (Fsp3) is 0.238. The lowest BCUT2D eigenvalue weighted by atomic mass is 10.1. The van der Waals surface area contributed by atoms with E-state index in [0.29, 0.717) is 35.6 Å². The van der Waals surface area contributed by atoms with Crippen LogP contribution in [-0.2, 0) is 0 Å². The number of rotatable bonds is 4. The zero-order valence-corrected chi connectivity index (χ0v) is 15.5. The summed E-state index contributed by atoms with van der Waals surface area (Å²) in [6.07, 6.45) is 3.69. The van der Waals surface area contributed by atoms with E-state index in [9.17, 15) is 14.4 Å². The van der Waals surface area contributed by atoms with Gasteiger partial charge in [0.2, 0.25) is 5.82 Å². The van der Waals surface area contributed by atoms with E-state index < -0.39 is 5.91 Å². The Morgan fingerprint density at radius 2 is 1.71 bits per heavy atom. The number of carbonyl (C=O) groups is 3. The van der Waals surface area contributed by atoms with Crippen molar-refractivity contribution in [3.8, 4) is 0 Å². The third-order valence-electron chi connectivity index (χ3n) is 4.90. The van der Waals surface area contributed by atoms with Crippen LogP contribution in [0.1, 0.15) is 51.2 Å². The molecule has 0 unspecified atom stereocenters. The summed E-state index contributed by atoms with van der Waals surface area (Å²) >= 11 is 0. The molecule has 0 aliphatic carbocycles. The van der Waals surface area contributed by atoms with E-state index in [1.807, 2.05) is 6.07 Å². The van der Waals surface area contributed by atoms with Crippen LogP contribution in [0, 0.1) is 0 Å². The van der Waals surface area contributed by atoms with Crippen LogP contribution in [0.25, 0.3) is 5.52 Å². The van der Waals surface area contributed by atoms with E-state index in [0.717, 1.165) is 12.8 Å². The molecule has 0 radical (unpaired) electrons. The summed E-state index contributed by atoms with van der Waals surface area (Å²) < 4.78 is 1.63. The van der Waals surface area contributed by atoms with E-state index in [-0.39, 0.29) is 17.5 Å². The number of benzene rings is 1. The average molecular weight is 376 g/mol. The lowest BCUT2D eigenvalue weighted by molar-refractivity contribution is 0.0789. The predicted molar refractivity (Wildman–Crippen MR) is 105 cm³/mol.